The lowest BCUT2D eigenvalue weighted by Crippen LogP contribution is -2.31. The van der Waals surface area contributed by atoms with Crippen molar-refractivity contribution >= 4 is 10.0 Å². The van der Waals surface area contributed by atoms with E-state index < -0.39 is 27.9 Å². The van der Waals surface area contributed by atoms with E-state index in [1.807, 2.05) is 0 Å². The van der Waals surface area contributed by atoms with E-state index in [4.69, 9.17) is 0 Å². The smallest absolute Gasteiger partial charge is 0.236 e. The van der Waals surface area contributed by atoms with E-state index in [1.165, 1.54) is 6.92 Å². The monoisotopic (exact) mass is 309 g/mol. The van der Waals surface area contributed by atoms with Crippen LogP contribution in [-0.2, 0) is 16.2 Å². The fourth-order valence-electron chi connectivity index (χ4n) is 2.28. The number of rotatable bonds is 2. The van der Waals surface area contributed by atoms with Crippen LogP contribution in [0.25, 0.3) is 0 Å². The zero-order valence-corrected chi connectivity index (χ0v) is 11.8. The molecule has 1 aliphatic heterocycles. The molecule has 1 aliphatic rings. The van der Waals surface area contributed by atoms with E-state index in [0.29, 0.717) is 12.8 Å². The SMILES string of the molecule is Cc1cc(C(F)(F)F)nc(C2CCCN2S(C)(=O)=O)n1. The molecule has 0 aliphatic carbocycles. The maximum atomic E-state index is 12.7. The first kappa shape index (κ1) is 15.2. The van der Waals surface area contributed by atoms with Crippen LogP contribution >= 0.6 is 0 Å². The zero-order valence-electron chi connectivity index (χ0n) is 11.0. The molecule has 0 saturated carbocycles. The van der Waals surface area contributed by atoms with Crippen LogP contribution < -0.4 is 0 Å². The minimum atomic E-state index is -4.57. The molecule has 9 heteroatoms. The van der Waals surface area contributed by atoms with Crippen LogP contribution in [0.5, 0.6) is 0 Å². The van der Waals surface area contributed by atoms with Crippen LogP contribution in [0.2, 0.25) is 0 Å². The Morgan fingerprint density at radius 1 is 1.35 bits per heavy atom. The molecule has 0 amide bonds. The van der Waals surface area contributed by atoms with Gasteiger partial charge in [0.25, 0.3) is 0 Å². The quantitative estimate of drug-likeness (QED) is 0.837. The lowest BCUT2D eigenvalue weighted by Gasteiger charge is -2.21. The Labute approximate surface area is 114 Å². The van der Waals surface area contributed by atoms with Gasteiger partial charge in [-0.15, -0.1) is 0 Å². The summed E-state index contributed by atoms with van der Waals surface area (Å²) < 4.78 is 62.7. The zero-order chi connectivity index (χ0) is 15.1. The van der Waals surface area contributed by atoms with E-state index in [9.17, 15) is 21.6 Å². The largest absolute Gasteiger partial charge is 0.433 e. The molecule has 1 saturated heterocycles. The van der Waals surface area contributed by atoms with E-state index in [0.717, 1.165) is 16.6 Å². The fourth-order valence-corrected chi connectivity index (χ4v) is 3.40. The van der Waals surface area contributed by atoms with E-state index in [1.54, 1.807) is 0 Å². The standard InChI is InChI=1S/C11H14F3N3O2S/c1-7-6-9(11(12,13)14)16-10(15-7)8-4-3-5-17(8)20(2,18)19/h6,8H,3-5H2,1-2H3. The highest BCUT2D eigenvalue weighted by Crippen LogP contribution is 2.34. The number of sulfonamides is 1. The molecule has 0 radical (unpaired) electrons. The van der Waals surface area contributed by atoms with Gasteiger partial charge in [-0.05, 0) is 25.8 Å². The fraction of sp³-hybridized carbons (Fsp3) is 0.636. The van der Waals surface area contributed by atoms with Gasteiger partial charge in [-0.25, -0.2) is 18.4 Å². The Kier molecular flexibility index (Phi) is 3.76. The Balaban J connectivity index is 2.45. The highest BCUT2D eigenvalue weighted by Gasteiger charge is 2.38. The van der Waals surface area contributed by atoms with Gasteiger partial charge in [0, 0.05) is 12.2 Å². The second kappa shape index (κ2) is 4.96. The van der Waals surface area contributed by atoms with Crippen molar-refractivity contribution < 1.29 is 21.6 Å². The van der Waals surface area contributed by atoms with Crippen molar-refractivity contribution in [3.05, 3.63) is 23.3 Å². The third kappa shape index (κ3) is 3.09. The van der Waals surface area contributed by atoms with E-state index >= 15 is 0 Å². The molecule has 1 fully saturated rings. The predicted molar refractivity (Wildman–Crippen MR) is 65.3 cm³/mol. The summed E-state index contributed by atoms with van der Waals surface area (Å²) in [4.78, 5) is 7.48. The molecule has 5 nitrogen and oxygen atoms in total. The van der Waals surface area contributed by atoms with Crippen LogP contribution in [0.4, 0.5) is 13.2 Å². The average Bonchev–Trinajstić information content (AvgIpc) is 2.75. The van der Waals surface area contributed by atoms with Crippen LogP contribution in [0, 0.1) is 6.92 Å². The summed E-state index contributed by atoms with van der Waals surface area (Å²) >= 11 is 0. The summed E-state index contributed by atoms with van der Waals surface area (Å²) in [7, 11) is -3.49. The Hall–Kier alpha value is -1.22. The predicted octanol–water partition coefficient (Wildman–Crippen LogP) is 1.90. The maximum Gasteiger partial charge on any atom is 0.433 e. The lowest BCUT2D eigenvalue weighted by molar-refractivity contribution is -0.141. The number of aromatic nitrogens is 2. The van der Waals surface area contributed by atoms with Gasteiger partial charge < -0.3 is 0 Å². The summed E-state index contributed by atoms with van der Waals surface area (Å²) in [6, 6.07) is 0.134. The molecular weight excluding hydrogens is 295 g/mol. The molecular formula is C11H14F3N3O2S. The van der Waals surface area contributed by atoms with Gasteiger partial charge in [0.2, 0.25) is 10.0 Å². The van der Waals surface area contributed by atoms with Crippen molar-refractivity contribution in [2.75, 3.05) is 12.8 Å². The van der Waals surface area contributed by atoms with E-state index in [2.05, 4.69) is 9.97 Å². The van der Waals surface area contributed by atoms with Crippen LogP contribution in [0.15, 0.2) is 6.07 Å². The minimum Gasteiger partial charge on any atom is -0.236 e. The molecule has 2 heterocycles. The molecule has 1 unspecified atom stereocenters. The first-order valence-corrected chi connectivity index (χ1v) is 7.83. The number of alkyl halides is 3. The minimum absolute atomic E-state index is 0.0831. The molecule has 0 spiro atoms. The normalized spacial score (nSPS) is 21.4. The molecule has 2 rings (SSSR count). The van der Waals surface area contributed by atoms with Gasteiger partial charge in [-0.1, -0.05) is 0 Å². The first-order valence-electron chi connectivity index (χ1n) is 5.98. The van der Waals surface area contributed by atoms with Crippen LogP contribution in [0.3, 0.4) is 0 Å². The number of hydrogen-bond donors (Lipinski definition) is 0. The summed E-state index contributed by atoms with van der Waals surface area (Å²) in [6.07, 6.45) is -2.53. The second-order valence-electron chi connectivity index (χ2n) is 4.78. The van der Waals surface area contributed by atoms with Crippen LogP contribution in [0.1, 0.15) is 36.1 Å². The summed E-state index contributed by atoms with van der Waals surface area (Å²) in [5.74, 6) is -0.0831. The van der Waals surface area contributed by atoms with E-state index in [-0.39, 0.29) is 18.1 Å². The molecule has 1 atom stereocenters. The number of nitrogens with zero attached hydrogens (tertiary/aromatic N) is 3. The topological polar surface area (TPSA) is 63.2 Å². The Morgan fingerprint density at radius 2 is 2.00 bits per heavy atom. The molecule has 20 heavy (non-hydrogen) atoms. The van der Waals surface area contributed by atoms with Crippen molar-refractivity contribution in [1.82, 2.24) is 14.3 Å². The van der Waals surface area contributed by atoms with Crippen molar-refractivity contribution in [3.63, 3.8) is 0 Å². The summed E-state index contributed by atoms with van der Waals surface area (Å²) in [5, 5.41) is 0. The highest BCUT2D eigenvalue weighted by atomic mass is 32.2. The van der Waals surface area contributed by atoms with Crippen molar-refractivity contribution in [1.29, 1.82) is 0 Å². The molecule has 0 bridgehead atoms. The van der Waals surface area contributed by atoms with Gasteiger partial charge in [0.15, 0.2) is 0 Å². The molecule has 0 aromatic carbocycles. The van der Waals surface area contributed by atoms with Gasteiger partial charge in [-0.2, -0.15) is 17.5 Å². The third-order valence-electron chi connectivity index (χ3n) is 3.09. The molecule has 112 valence electrons. The highest BCUT2D eigenvalue weighted by molar-refractivity contribution is 7.88. The second-order valence-corrected chi connectivity index (χ2v) is 6.72. The van der Waals surface area contributed by atoms with Gasteiger partial charge in [0.1, 0.15) is 11.5 Å². The third-order valence-corrected chi connectivity index (χ3v) is 4.38. The van der Waals surface area contributed by atoms with Crippen molar-refractivity contribution in [2.24, 2.45) is 0 Å². The van der Waals surface area contributed by atoms with Gasteiger partial charge in [0.05, 0.1) is 12.3 Å². The molecule has 1 aromatic heterocycles. The van der Waals surface area contributed by atoms with Crippen molar-refractivity contribution in [2.45, 2.75) is 32.0 Å². The maximum absolute atomic E-state index is 12.7. The number of hydrogen-bond acceptors (Lipinski definition) is 4. The lowest BCUT2D eigenvalue weighted by atomic mass is 10.2. The molecule has 0 N–H and O–H groups in total. The number of aryl methyl sites for hydroxylation is 1. The average molecular weight is 309 g/mol. The molecule has 1 aromatic rings. The number of halogens is 3. The summed E-state index contributed by atoms with van der Waals surface area (Å²) in [6.45, 7) is 1.71. The van der Waals surface area contributed by atoms with Crippen LogP contribution in [-0.4, -0.2) is 35.5 Å². The Morgan fingerprint density at radius 3 is 2.55 bits per heavy atom. The van der Waals surface area contributed by atoms with Gasteiger partial charge in [-0.3, -0.25) is 0 Å². The summed E-state index contributed by atoms with van der Waals surface area (Å²) in [5.41, 5.74) is -0.872. The Bertz CT molecular complexity index is 616. The first-order chi connectivity index (χ1) is 9.09. The van der Waals surface area contributed by atoms with Gasteiger partial charge >= 0.3 is 6.18 Å². The van der Waals surface area contributed by atoms with Crippen molar-refractivity contribution in [3.8, 4) is 0 Å².